The molecule has 1 saturated carbocycles. The van der Waals surface area contributed by atoms with Crippen LogP contribution in [0.15, 0.2) is 18.2 Å². The second-order valence-electron chi connectivity index (χ2n) is 9.60. The van der Waals surface area contributed by atoms with Gasteiger partial charge < -0.3 is 19.1 Å². The van der Waals surface area contributed by atoms with E-state index in [0.717, 1.165) is 64.2 Å². The minimum atomic E-state index is 0.0952. The second-order valence-corrected chi connectivity index (χ2v) is 9.60. The van der Waals surface area contributed by atoms with Crippen LogP contribution in [0.3, 0.4) is 0 Å². The van der Waals surface area contributed by atoms with Gasteiger partial charge in [0, 0.05) is 38.3 Å². The molecule has 1 amide bonds. The summed E-state index contributed by atoms with van der Waals surface area (Å²) in [6.07, 6.45) is 7.65. The van der Waals surface area contributed by atoms with Gasteiger partial charge in [-0.25, -0.2) is 0 Å². The largest absolute Gasteiger partial charge is 0.493 e. The summed E-state index contributed by atoms with van der Waals surface area (Å²) >= 11 is 0. The lowest BCUT2D eigenvalue weighted by Gasteiger charge is -2.39. The lowest BCUT2D eigenvalue weighted by molar-refractivity contribution is -0.0728. The van der Waals surface area contributed by atoms with E-state index in [1.807, 2.05) is 23.1 Å². The van der Waals surface area contributed by atoms with Gasteiger partial charge in [0.25, 0.3) is 5.91 Å². The molecule has 0 radical (unpaired) electrons. The molecule has 6 heteroatoms. The summed E-state index contributed by atoms with van der Waals surface area (Å²) in [5.41, 5.74) is 0.685. The van der Waals surface area contributed by atoms with Gasteiger partial charge >= 0.3 is 0 Å². The maximum atomic E-state index is 13.1. The average molecular weight is 431 g/mol. The highest BCUT2D eigenvalue weighted by Crippen LogP contribution is 2.33. The highest BCUT2D eigenvalue weighted by molar-refractivity contribution is 5.95. The van der Waals surface area contributed by atoms with Crippen molar-refractivity contribution in [2.75, 3.05) is 39.8 Å². The number of methoxy groups -OCH3 is 1. The molecular formula is C25H38N2O4. The van der Waals surface area contributed by atoms with Gasteiger partial charge in [-0.05, 0) is 76.5 Å². The fraction of sp³-hybridized carbons (Fsp3) is 0.720. The quantitative estimate of drug-likeness (QED) is 0.683. The molecule has 1 aromatic carbocycles. The van der Waals surface area contributed by atoms with Crippen molar-refractivity contribution < 1.29 is 19.0 Å². The summed E-state index contributed by atoms with van der Waals surface area (Å²) in [6.45, 7) is 9.09. The number of rotatable bonds is 6. The Kier molecular flexibility index (Phi) is 7.39. The minimum Gasteiger partial charge on any atom is -0.493 e. The first-order valence-electron chi connectivity index (χ1n) is 12.0. The Labute approximate surface area is 186 Å². The van der Waals surface area contributed by atoms with Gasteiger partial charge in [-0.15, -0.1) is 0 Å². The van der Waals surface area contributed by atoms with Gasteiger partial charge in [0.1, 0.15) is 0 Å². The fourth-order valence-electron chi connectivity index (χ4n) is 5.38. The number of benzene rings is 1. The van der Waals surface area contributed by atoms with Gasteiger partial charge in [-0.2, -0.15) is 0 Å². The number of carbonyl (C=O) groups excluding carboxylic acids is 1. The Bertz CT molecular complexity index is 731. The van der Waals surface area contributed by atoms with Crippen molar-refractivity contribution in [3.05, 3.63) is 23.8 Å². The first kappa shape index (κ1) is 22.4. The molecule has 3 fully saturated rings. The first-order chi connectivity index (χ1) is 15.0. The van der Waals surface area contributed by atoms with E-state index < -0.39 is 0 Å². The molecule has 172 valence electrons. The van der Waals surface area contributed by atoms with E-state index in [-0.39, 0.29) is 12.0 Å². The molecule has 2 aliphatic heterocycles. The molecule has 0 spiro atoms. The van der Waals surface area contributed by atoms with Crippen molar-refractivity contribution in [3.8, 4) is 11.5 Å². The third-order valence-electron chi connectivity index (χ3n) is 6.92. The number of hydrogen-bond donors (Lipinski definition) is 0. The van der Waals surface area contributed by atoms with Crippen LogP contribution in [0.4, 0.5) is 0 Å². The zero-order valence-electron chi connectivity index (χ0n) is 19.3. The molecule has 2 saturated heterocycles. The number of likely N-dealkylation sites (tertiary alicyclic amines) is 1. The van der Waals surface area contributed by atoms with Gasteiger partial charge in [-0.1, -0.05) is 0 Å². The Morgan fingerprint density at radius 1 is 1.03 bits per heavy atom. The van der Waals surface area contributed by atoms with E-state index in [2.05, 4.69) is 18.7 Å². The Morgan fingerprint density at radius 2 is 1.71 bits per heavy atom. The molecule has 0 N–H and O–H groups in total. The lowest BCUT2D eigenvalue weighted by Crippen LogP contribution is -2.48. The molecule has 2 heterocycles. The lowest BCUT2D eigenvalue weighted by atomic mass is 9.95. The molecule has 0 aromatic heterocycles. The smallest absolute Gasteiger partial charge is 0.253 e. The molecule has 2 unspecified atom stereocenters. The van der Waals surface area contributed by atoms with Gasteiger partial charge in [0.15, 0.2) is 11.5 Å². The van der Waals surface area contributed by atoms with Crippen LogP contribution in [0, 0.1) is 5.92 Å². The normalized spacial score (nSPS) is 26.2. The topological polar surface area (TPSA) is 51.2 Å². The highest BCUT2D eigenvalue weighted by Gasteiger charge is 2.29. The average Bonchev–Trinajstić information content (AvgIpc) is 3.26. The third kappa shape index (κ3) is 5.72. The minimum absolute atomic E-state index is 0.0952. The highest BCUT2D eigenvalue weighted by atomic mass is 16.5. The van der Waals surface area contributed by atoms with Crippen molar-refractivity contribution in [2.45, 2.75) is 70.7 Å². The SMILES string of the molecule is COc1cc(C(=O)N2CCC(CN3CC(C)OC(C)C3)CC2)ccc1OC1CCCC1. The number of carbonyl (C=O) groups is 1. The number of morpholine rings is 1. The summed E-state index contributed by atoms with van der Waals surface area (Å²) in [5.74, 6) is 2.15. The van der Waals surface area contributed by atoms with Crippen molar-refractivity contribution in [1.82, 2.24) is 9.80 Å². The van der Waals surface area contributed by atoms with E-state index in [0.29, 0.717) is 29.4 Å². The number of hydrogen-bond acceptors (Lipinski definition) is 5. The molecule has 6 nitrogen and oxygen atoms in total. The summed E-state index contributed by atoms with van der Waals surface area (Å²) in [4.78, 5) is 17.6. The van der Waals surface area contributed by atoms with Crippen LogP contribution in [0.25, 0.3) is 0 Å². The number of ether oxygens (including phenoxy) is 3. The maximum absolute atomic E-state index is 13.1. The Morgan fingerprint density at radius 3 is 2.35 bits per heavy atom. The van der Waals surface area contributed by atoms with E-state index in [9.17, 15) is 4.79 Å². The standard InChI is InChI=1S/C25H38N2O4/c1-18-15-26(16-19(2)30-18)17-20-10-12-27(13-11-20)25(28)21-8-9-23(24(14-21)29-3)31-22-6-4-5-7-22/h8-9,14,18-20,22H,4-7,10-13,15-17H2,1-3H3. The summed E-state index contributed by atoms with van der Waals surface area (Å²) < 4.78 is 17.5. The van der Waals surface area contributed by atoms with E-state index >= 15 is 0 Å². The number of amides is 1. The molecule has 1 aliphatic carbocycles. The van der Waals surface area contributed by atoms with Gasteiger partial charge in [-0.3, -0.25) is 9.69 Å². The summed E-state index contributed by atoms with van der Waals surface area (Å²) in [5, 5.41) is 0. The predicted octanol–water partition coefficient (Wildman–Crippen LogP) is 3.98. The monoisotopic (exact) mass is 430 g/mol. The maximum Gasteiger partial charge on any atom is 0.253 e. The summed E-state index contributed by atoms with van der Waals surface area (Å²) in [7, 11) is 1.64. The fourth-order valence-corrected chi connectivity index (χ4v) is 5.38. The van der Waals surface area contributed by atoms with Crippen molar-refractivity contribution >= 4 is 5.91 Å². The van der Waals surface area contributed by atoms with Crippen molar-refractivity contribution in [3.63, 3.8) is 0 Å². The first-order valence-corrected chi connectivity index (χ1v) is 12.0. The Hall–Kier alpha value is -1.79. The molecule has 31 heavy (non-hydrogen) atoms. The van der Waals surface area contributed by atoms with Crippen LogP contribution in [0.5, 0.6) is 11.5 Å². The van der Waals surface area contributed by atoms with Crippen LogP contribution in [-0.2, 0) is 4.74 Å². The second kappa shape index (κ2) is 10.2. The van der Waals surface area contributed by atoms with Crippen LogP contribution in [0.2, 0.25) is 0 Å². The van der Waals surface area contributed by atoms with Crippen LogP contribution in [-0.4, -0.2) is 73.9 Å². The molecule has 1 aromatic rings. The third-order valence-corrected chi connectivity index (χ3v) is 6.92. The summed E-state index contributed by atoms with van der Waals surface area (Å²) in [6, 6.07) is 5.63. The zero-order chi connectivity index (χ0) is 21.8. The molecule has 2 atom stereocenters. The zero-order valence-corrected chi connectivity index (χ0v) is 19.3. The van der Waals surface area contributed by atoms with E-state index in [1.165, 1.54) is 12.8 Å². The molecule has 4 rings (SSSR count). The molecular weight excluding hydrogens is 392 g/mol. The van der Waals surface area contributed by atoms with Crippen LogP contribution < -0.4 is 9.47 Å². The van der Waals surface area contributed by atoms with Crippen LogP contribution in [0.1, 0.15) is 62.7 Å². The molecule has 0 bridgehead atoms. The number of nitrogens with zero attached hydrogens (tertiary/aromatic N) is 2. The van der Waals surface area contributed by atoms with E-state index in [4.69, 9.17) is 14.2 Å². The molecule has 3 aliphatic rings. The number of piperidine rings is 1. The van der Waals surface area contributed by atoms with Crippen LogP contribution >= 0.6 is 0 Å². The van der Waals surface area contributed by atoms with Crippen molar-refractivity contribution in [2.24, 2.45) is 5.92 Å². The van der Waals surface area contributed by atoms with E-state index in [1.54, 1.807) is 7.11 Å². The van der Waals surface area contributed by atoms with Crippen molar-refractivity contribution in [1.29, 1.82) is 0 Å². The Balaban J connectivity index is 1.30. The van der Waals surface area contributed by atoms with Gasteiger partial charge in [0.05, 0.1) is 25.4 Å². The van der Waals surface area contributed by atoms with Gasteiger partial charge in [0.2, 0.25) is 0 Å². The predicted molar refractivity (Wildman–Crippen MR) is 121 cm³/mol.